The molecule has 0 radical (unpaired) electrons. The van der Waals surface area contributed by atoms with Gasteiger partial charge in [0.2, 0.25) is 11.8 Å². The molecule has 6 atom stereocenters. The lowest BCUT2D eigenvalue weighted by Gasteiger charge is -2.50. The number of alkyl halides is 3. The van der Waals surface area contributed by atoms with Crippen molar-refractivity contribution in [2.45, 2.75) is 43.2 Å². The molecule has 3 aromatic rings. The molecular weight excluding hydrogens is 808 g/mol. The first-order valence-corrected chi connectivity index (χ1v) is 18.0. The average Bonchev–Trinajstić information content (AvgIpc) is 3.47. The van der Waals surface area contributed by atoms with E-state index in [4.69, 9.17) is 28.3 Å². The van der Waals surface area contributed by atoms with Crippen molar-refractivity contribution in [3.63, 3.8) is 0 Å². The van der Waals surface area contributed by atoms with Gasteiger partial charge in [-0.25, -0.2) is 4.98 Å². The number of amides is 4. The number of nitrogens with one attached hydrogen (secondary N) is 1. The van der Waals surface area contributed by atoms with Crippen molar-refractivity contribution in [3.8, 4) is 5.75 Å². The molecule has 53 heavy (non-hydrogen) atoms. The minimum atomic E-state index is -4.77. The summed E-state index contributed by atoms with van der Waals surface area (Å²) in [6, 6.07) is 11.4. The van der Waals surface area contributed by atoms with Crippen LogP contribution in [0, 0.1) is 23.7 Å². The number of carbonyl (C=O) groups excluding carboxylic acids is 4. The van der Waals surface area contributed by atoms with Crippen molar-refractivity contribution in [2.75, 3.05) is 12.0 Å². The first kappa shape index (κ1) is 36.9. The number of benzene rings is 2. The van der Waals surface area contributed by atoms with E-state index in [0.717, 1.165) is 4.90 Å². The number of hydrazine groups is 1. The Balaban J connectivity index is 1.40. The number of aromatic hydroxyl groups is 1. The van der Waals surface area contributed by atoms with E-state index in [1.165, 1.54) is 18.2 Å². The zero-order chi connectivity index (χ0) is 38.1. The number of likely N-dealkylation sites (tertiary alicyclic amines) is 1. The van der Waals surface area contributed by atoms with Gasteiger partial charge in [-0.2, -0.15) is 18.2 Å². The maximum absolute atomic E-state index is 15.2. The molecule has 3 N–H and O–H groups in total. The number of carboxylic acids is 1. The summed E-state index contributed by atoms with van der Waals surface area (Å²) in [6.07, 6.45) is -2.71. The molecule has 7 rings (SSSR count). The fourth-order valence-corrected chi connectivity index (χ4v) is 9.27. The smallest absolute Gasteiger partial charge is 0.417 e. The summed E-state index contributed by atoms with van der Waals surface area (Å²) < 4.78 is 40.8. The number of hydrogen-bond donors (Lipinski definition) is 3. The lowest BCUT2D eigenvalue weighted by Crippen LogP contribution is -2.53. The van der Waals surface area contributed by atoms with Crippen LogP contribution in [0.2, 0.25) is 10.0 Å². The molecule has 11 nitrogen and oxygen atoms in total. The van der Waals surface area contributed by atoms with Crippen LogP contribution in [0.15, 0.2) is 70.8 Å². The molecule has 0 bridgehead atoms. The fraction of sp³-hybridized carbons (Fsp3) is 0.333. The van der Waals surface area contributed by atoms with Gasteiger partial charge in [-0.3, -0.25) is 34.3 Å². The highest BCUT2D eigenvalue weighted by molar-refractivity contribution is 9.10. The van der Waals surface area contributed by atoms with E-state index < -0.39 is 87.2 Å². The Labute approximate surface area is 317 Å². The highest BCUT2D eigenvalue weighted by atomic mass is 79.9. The maximum atomic E-state index is 15.2. The van der Waals surface area contributed by atoms with E-state index in [2.05, 4.69) is 26.3 Å². The van der Waals surface area contributed by atoms with Crippen molar-refractivity contribution in [3.05, 3.63) is 97.6 Å². The summed E-state index contributed by atoms with van der Waals surface area (Å²) in [5, 5.41) is 21.1. The third-order valence-electron chi connectivity index (χ3n) is 10.7. The Hall–Kier alpha value is -4.47. The van der Waals surface area contributed by atoms with Gasteiger partial charge < -0.3 is 10.2 Å². The molecule has 6 unspecified atom stereocenters. The molecule has 17 heteroatoms. The maximum Gasteiger partial charge on any atom is 0.417 e. The number of pyridine rings is 1. The van der Waals surface area contributed by atoms with E-state index in [1.54, 1.807) is 30.3 Å². The minimum absolute atomic E-state index is 0.0439. The lowest BCUT2D eigenvalue weighted by molar-refractivity contribution is -0.142. The summed E-state index contributed by atoms with van der Waals surface area (Å²) in [7, 11) is 0. The van der Waals surface area contributed by atoms with E-state index >= 15 is 4.79 Å². The van der Waals surface area contributed by atoms with Crippen molar-refractivity contribution >= 4 is 74.5 Å². The Morgan fingerprint density at radius 1 is 1.02 bits per heavy atom. The predicted octanol–water partition coefficient (Wildman–Crippen LogP) is 6.73. The second kappa shape index (κ2) is 13.4. The normalized spacial score (nSPS) is 26.7. The Bertz CT molecular complexity index is 2120. The highest BCUT2D eigenvalue weighted by Crippen LogP contribution is 2.65. The molecule has 1 saturated carbocycles. The number of imide groups is 2. The summed E-state index contributed by atoms with van der Waals surface area (Å²) in [4.78, 5) is 73.6. The van der Waals surface area contributed by atoms with Crippen LogP contribution < -0.4 is 5.43 Å². The SMILES string of the molecule is O=C(O)CCCN1C(=O)C2CC=C3C(CC4C(=O)N(Nc5ncc(C(F)(F)F)cc5Cl)C(=O)C4(c4ccc(Cl)cc4)C3c3cc(Br)ccc3O)C2C1=O. The topological polar surface area (TPSA) is 157 Å². The molecule has 3 heterocycles. The van der Waals surface area contributed by atoms with Gasteiger partial charge in [0.25, 0.3) is 11.8 Å². The quantitative estimate of drug-likeness (QED) is 0.166. The summed E-state index contributed by atoms with van der Waals surface area (Å²) >= 11 is 15.9. The van der Waals surface area contributed by atoms with E-state index in [-0.39, 0.29) is 43.5 Å². The first-order valence-electron chi connectivity index (χ1n) is 16.4. The molecule has 2 aromatic carbocycles. The summed E-state index contributed by atoms with van der Waals surface area (Å²) in [6.45, 7) is -0.108. The number of phenols is 1. The third-order valence-corrected chi connectivity index (χ3v) is 11.8. The van der Waals surface area contributed by atoms with Crippen molar-refractivity contribution in [1.29, 1.82) is 0 Å². The molecule has 3 fully saturated rings. The second-order valence-electron chi connectivity index (χ2n) is 13.4. The zero-order valence-electron chi connectivity index (χ0n) is 27.2. The Kier molecular flexibility index (Phi) is 9.34. The van der Waals surface area contributed by atoms with Gasteiger partial charge in [-0.05, 0) is 67.1 Å². The van der Waals surface area contributed by atoms with Gasteiger partial charge in [0.05, 0.1) is 33.8 Å². The van der Waals surface area contributed by atoms with Crippen LogP contribution in [0.3, 0.4) is 0 Å². The van der Waals surface area contributed by atoms with Gasteiger partial charge in [-0.15, -0.1) is 0 Å². The molecule has 2 aliphatic heterocycles. The number of phenolic OH excluding ortho intramolecular Hbond substituents is 1. The molecule has 276 valence electrons. The number of aromatic nitrogens is 1. The van der Waals surface area contributed by atoms with Crippen LogP contribution >= 0.6 is 39.1 Å². The van der Waals surface area contributed by atoms with Crippen LogP contribution in [0.5, 0.6) is 5.75 Å². The molecule has 2 aliphatic carbocycles. The highest BCUT2D eigenvalue weighted by Gasteiger charge is 2.70. The number of halogens is 6. The number of carboxylic acid groups (broad SMARTS) is 1. The number of allylic oxidation sites excluding steroid dienone is 2. The number of anilines is 1. The first-order chi connectivity index (χ1) is 25.0. The average molecular weight is 836 g/mol. The number of fused-ring (bicyclic) bond motifs is 4. The van der Waals surface area contributed by atoms with Gasteiger partial charge in [-0.1, -0.05) is 62.9 Å². The van der Waals surface area contributed by atoms with Gasteiger partial charge >= 0.3 is 12.1 Å². The van der Waals surface area contributed by atoms with Crippen LogP contribution in [0.25, 0.3) is 0 Å². The molecule has 4 amide bonds. The monoisotopic (exact) mass is 834 g/mol. The van der Waals surface area contributed by atoms with Gasteiger partial charge in [0.1, 0.15) is 5.75 Å². The zero-order valence-corrected chi connectivity index (χ0v) is 30.3. The van der Waals surface area contributed by atoms with E-state index in [1.807, 2.05) is 0 Å². The van der Waals surface area contributed by atoms with Gasteiger partial charge in [0.15, 0.2) is 5.82 Å². The molecule has 4 aliphatic rings. The molecule has 0 spiro atoms. The van der Waals surface area contributed by atoms with Crippen molar-refractivity contribution in [1.82, 2.24) is 14.9 Å². The Morgan fingerprint density at radius 2 is 1.74 bits per heavy atom. The minimum Gasteiger partial charge on any atom is -0.508 e. The third kappa shape index (κ3) is 5.96. The largest absolute Gasteiger partial charge is 0.508 e. The Morgan fingerprint density at radius 3 is 2.40 bits per heavy atom. The fourth-order valence-electron chi connectivity index (χ4n) is 8.56. The second-order valence-corrected chi connectivity index (χ2v) is 15.2. The number of nitrogens with zero attached hydrogens (tertiary/aromatic N) is 3. The van der Waals surface area contributed by atoms with Crippen LogP contribution in [-0.2, 0) is 35.6 Å². The van der Waals surface area contributed by atoms with Crippen LogP contribution in [-0.4, -0.2) is 61.2 Å². The van der Waals surface area contributed by atoms with E-state index in [9.17, 15) is 37.5 Å². The molecule has 2 saturated heterocycles. The molecule has 1 aromatic heterocycles. The predicted molar refractivity (Wildman–Crippen MR) is 186 cm³/mol. The number of rotatable bonds is 8. The molecular formula is C36H28BrCl2F3N4O7. The van der Waals surface area contributed by atoms with Crippen molar-refractivity contribution in [2.24, 2.45) is 23.7 Å². The number of hydrogen-bond acceptors (Lipinski definition) is 8. The number of carbonyl (C=O) groups is 5. The number of aliphatic carboxylic acids is 1. The summed E-state index contributed by atoms with van der Waals surface area (Å²) in [5.74, 6) is -9.25. The standard InChI is InChI=1S/C36H28BrCl2F3N4O7/c37-18-5-10-26(47)23(13-18)29-20-8-9-21-28(33(52)45(31(21)50)11-1-2-27(48)49)22(20)14-24-32(51)46(34(53)35(24,29)16-3-6-19(38)7-4-16)44-30-25(39)12-17(15-43-30)36(40,41)42/h3-8,10,12-13,15,21-22,24,28-29,47H,1-2,9,11,14H2,(H,43,44)(H,48,49). The van der Waals surface area contributed by atoms with E-state index in [0.29, 0.717) is 37.9 Å². The van der Waals surface area contributed by atoms with Crippen LogP contribution in [0.1, 0.15) is 48.3 Å². The van der Waals surface area contributed by atoms with Crippen molar-refractivity contribution < 1.29 is 47.4 Å². The lowest BCUT2D eigenvalue weighted by atomic mass is 9.49. The van der Waals surface area contributed by atoms with Gasteiger partial charge in [0, 0.05) is 40.1 Å². The summed E-state index contributed by atoms with van der Waals surface area (Å²) in [5.41, 5.74) is 0.681. The van der Waals surface area contributed by atoms with Crippen LogP contribution in [0.4, 0.5) is 19.0 Å².